The van der Waals surface area contributed by atoms with E-state index in [1.165, 1.54) is 12.3 Å². The van der Waals surface area contributed by atoms with Crippen LogP contribution in [0.2, 0.25) is 0 Å². The summed E-state index contributed by atoms with van der Waals surface area (Å²) in [5.41, 5.74) is 0.831. The molecule has 1 heterocycles. The normalized spacial score (nSPS) is 9.87. The number of nitrogens with zero attached hydrogens (tertiary/aromatic N) is 2. The zero-order chi connectivity index (χ0) is 10.7. The van der Waals surface area contributed by atoms with E-state index in [0.29, 0.717) is 11.3 Å². The molecule has 74 valence electrons. The van der Waals surface area contributed by atoms with Crippen molar-refractivity contribution in [1.29, 1.82) is 0 Å². The van der Waals surface area contributed by atoms with Crippen LogP contribution in [0.15, 0.2) is 34.9 Å². The SMILES string of the molecule is [C-]#[N+]Cc1coc(-c2ccccc2F)n1. The summed E-state index contributed by atoms with van der Waals surface area (Å²) in [4.78, 5) is 7.18. The van der Waals surface area contributed by atoms with E-state index < -0.39 is 0 Å². The van der Waals surface area contributed by atoms with E-state index >= 15 is 0 Å². The lowest BCUT2D eigenvalue weighted by Gasteiger charge is -1.95. The lowest BCUT2D eigenvalue weighted by atomic mass is 10.2. The lowest BCUT2D eigenvalue weighted by molar-refractivity contribution is 0.561. The van der Waals surface area contributed by atoms with E-state index in [4.69, 9.17) is 11.0 Å². The van der Waals surface area contributed by atoms with Crippen LogP contribution >= 0.6 is 0 Å². The molecule has 15 heavy (non-hydrogen) atoms. The maximum atomic E-state index is 13.3. The fraction of sp³-hybridized carbons (Fsp3) is 0.0909. The summed E-state index contributed by atoms with van der Waals surface area (Å²) in [5.74, 6) is -0.166. The minimum atomic E-state index is -0.381. The van der Waals surface area contributed by atoms with Gasteiger partial charge in [-0.05, 0) is 12.1 Å². The zero-order valence-electron chi connectivity index (χ0n) is 7.77. The molecule has 1 aromatic heterocycles. The second-order valence-corrected chi connectivity index (χ2v) is 2.94. The Kier molecular flexibility index (Phi) is 2.46. The average Bonchev–Trinajstić information content (AvgIpc) is 2.68. The summed E-state index contributed by atoms with van der Waals surface area (Å²) < 4.78 is 18.4. The first kappa shape index (κ1) is 9.41. The minimum Gasteiger partial charge on any atom is -0.444 e. The zero-order valence-corrected chi connectivity index (χ0v) is 7.77. The molecule has 0 bridgehead atoms. The molecular weight excluding hydrogens is 195 g/mol. The highest BCUT2D eigenvalue weighted by molar-refractivity contribution is 5.53. The Morgan fingerprint density at radius 1 is 1.40 bits per heavy atom. The molecule has 0 fully saturated rings. The Hall–Kier alpha value is -2.15. The van der Waals surface area contributed by atoms with Crippen LogP contribution in [-0.4, -0.2) is 4.98 Å². The van der Waals surface area contributed by atoms with Crippen molar-refractivity contribution in [3.63, 3.8) is 0 Å². The summed E-state index contributed by atoms with van der Waals surface area (Å²) in [7, 11) is 0. The predicted octanol–water partition coefficient (Wildman–Crippen LogP) is 2.90. The standard InChI is InChI=1S/C11H7FN2O/c1-13-6-8-7-15-11(14-8)9-4-2-3-5-10(9)12/h2-5,7H,6H2. The Bertz CT molecular complexity index is 513. The Morgan fingerprint density at radius 2 is 2.20 bits per heavy atom. The number of hydrogen-bond acceptors (Lipinski definition) is 2. The van der Waals surface area contributed by atoms with Crippen LogP contribution < -0.4 is 0 Å². The van der Waals surface area contributed by atoms with Crippen LogP contribution in [0.1, 0.15) is 5.69 Å². The molecule has 3 nitrogen and oxygen atoms in total. The molecule has 0 amide bonds. The van der Waals surface area contributed by atoms with E-state index in [2.05, 4.69) is 9.83 Å². The van der Waals surface area contributed by atoms with Gasteiger partial charge in [0, 0.05) is 0 Å². The van der Waals surface area contributed by atoms with Gasteiger partial charge in [-0.25, -0.2) is 15.9 Å². The second kappa shape index (κ2) is 3.93. The molecular formula is C11H7FN2O. The van der Waals surface area contributed by atoms with Crippen LogP contribution in [0.5, 0.6) is 0 Å². The highest BCUT2D eigenvalue weighted by Gasteiger charge is 2.11. The molecule has 0 aliphatic carbocycles. The number of aromatic nitrogens is 1. The van der Waals surface area contributed by atoms with Crippen LogP contribution in [0, 0.1) is 12.4 Å². The Labute approximate surface area is 86.0 Å². The van der Waals surface area contributed by atoms with Crippen molar-refractivity contribution < 1.29 is 8.81 Å². The molecule has 2 aromatic rings. The van der Waals surface area contributed by atoms with Gasteiger partial charge in [0.15, 0.2) is 5.69 Å². The van der Waals surface area contributed by atoms with Crippen molar-refractivity contribution in [3.05, 3.63) is 53.5 Å². The molecule has 0 atom stereocenters. The molecule has 0 N–H and O–H groups in total. The van der Waals surface area contributed by atoms with Crippen molar-refractivity contribution in [2.75, 3.05) is 0 Å². The molecule has 1 aromatic carbocycles. The highest BCUT2D eigenvalue weighted by Crippen LogP contribution is 2.21. The summed E-state index contributed by atoms with van der Waals surface area (Å²) in [6.45, 7) is 6.82. The molecule has 0 saturated carbocycles. The van der Waals surface area contributed by atoms with Gasteiger partial charge in [0.05, 0.1) is 5.56 Å². The van der Waals surface area contributed by atoms with Gasteiger partial charge in [0.1, 0.15) is 12.1 Å². The van der Waals surface area contributed by atoms with E-state index in [1.54, 1.807) is 18.2 Å². The Morgan fingerprint density at radius 3 is 2.93 bits per heavy atom. The number of halogens is 1. The first-order valence-corrected chi connectivity index (χ1v) is 4.34. The first-order chi connectivity index (χ1) is 7.31. The van der Waals surface area contributed by atoms with Gasteiger partial charge in [0.25, 0.3) is 6.54 Å². The van der Waals surface area contributed by atoms with E-state index in [1.807, 2.05) is 0 Å². The van der Waals surface area contributed by atoms with Crippen molar-refractivity contribution in [3.8, 4) is 11.5 Å². The van der Waals surface area contributed by atoms with Gasteiger partial charge in [-0.3, -0.25) is 0 Å². The van der Waals surface area contributed by atoms with Gasteiger partial charge in [-0.2, -0.15) is 0 Å². The first-order valence-electron chi connectivity index (χ1n) is 4.34. The second-order valence-electron chi connectivity index (χ2n) is 2.94. The van der Waals surface area contributed by atoms with Crippen LogP contribution in [0.3, 0.4) is 0 Å². The molecule has 0 radical (unpaired) electrons. The number of rotatable bonds is 2. The summed E-state index contributed by atoms with van der Waals surface area (Å²) >= 11 is 0. The number of benzene rings is 1. The van der Waals surface area contributed by atoms with Crippen molar-refractivity contribution >= 4 is 0 Å². The molecule has 0 spiro atoms. The van der Waals surface area contributed by atoms with Gasteiger partial charge in [0.2, 0.25) is 5.89 Å². The maximum Gasteiger partial charge on any atom is 0.259 e. The summed E-state index contributed by atoms with van der Waals surface area (Å²) in [5, 5.41) is 0. The topological polar surface area (TPSA) is 30.4 Å². The molecule has 0 aliphatic rings. The van der Waals surface area contributed by atoms with Gasteiger partial charge in [-0.1, -0.05) is 12.1 Å². The van der Waals surface area contributed by atoms with Crippen molar-refractivity contribution in [2.24, 2.45) is 0 Å². The van der Waals surface area contributed by atoms with Crippen LogP contribution in [-0.2, 0) is 6.54 Å². The predicted molar refractivity (Wildman–Crippen MR) is 52.2 cm³/mol. The quantitative estimate of drug-likeness (QED) is 0.701. The van der Waals surface area contributed by atoms with Gasteiger partial charge >= 0.3 is 0 Å². The van der Waals surface area contributed by atoms with Crippen molar-refractivity contribution in [2.45, 2.75) is 6.54 Å². The molecule has 4 heteroatoms. The third-order valence-electron chi connectivity index (χ3n) is 1.90. The third kappa shape index (κ3) is 1.86. The average molecular weight is 202 g/mol. The monoisotopic (exact) mass is 202 g/mol. The maximum absolute atomic E-state index is 13.3. The van der Waals surface area contributed by atoms with Crippen LogP contribution in [0.25, 0.3) is 16.3 Å². The fourth-order valence-corrected chi connectivity index (χ4v) is 1.22. The fourth-order valence-electron chi connectivity index (χ4n) is 1.22. The Balaban J connectivity index is 2.38. The van der Waals surface area contributed by atoms with Gasteiger partial charge < -0.3 is 9.26 Å². The third-order valence-corrected chi connectivity index (χ3v) is 1.90. The van der Waals surface area contributed by atoms with E-state index in [-0.39, 0.29) is 18.3 Å². The molecule has 0 aliphatic heterocycles. The van der Waals surface area contributed by atoms with E-state index in [0.717, 1.165) is 0 Å². The van der Waals surface area contributed by atoms with E-state index in [9.17, 15) is 4.39 Å². The number of hydrogen-bond donors (Lipinski definition) is 0. The van der Waals surface area contributed by atoms with Crippen molar-refractivity contribution in [1.82, 2.24) is 4.98 Å². The summed E-state index contributed by atoms with van der Waals surface area (Å²) in [6, 6.07) is 6.23. The van der Waals surface area contributed by atoms with Crippen LogP contribution in [0.4, 0.5) is 4.39 Å². The highest BCUT2D eigenvalue weighted by atomic mass is 19.1. The summed E-state index contributed by atoms with van der Waals surface area (Å²) in [6.07, 6.45) is 1.37. The minimum absolute atomic E-state index is 0.151. The number of oxazole rings is 1. The van der Waals surface area contributed by atoms with Gasteiger partial charge in [-0.15, -0.1) is 0 Å². The lowest BCUT2D eigenvalue weighted by Crippen LogP contribution is -1.84. The smallest absolute Gasteiger partial charge is 0.259 e. The molecule has 0 saturated heterocycles. The largest absolute Gasteiger partial charge is 0.444 e. The molecule has 0 unspecified atom stereocenters. The molecule has 2 rings (SSSR count).